The Morgan fingerprint density at radius 3 is 2.52 bits per heavy atom. The number of carbonyl (C=O) groups is 2. The van der Waals surface area contributed by atoms with Crippen LogP contribution >= 0.6 is 0 Å². The molecule has 0 bridgehead atoms. The number of anilines is 1. The molecule has 0 atom stereocenters. The van der Waals surface area contributed by atoms with Crippen LogP contribution in [0.2, 0.25) is 0 Å². The molecule has 0 radical (unpaired) electrons. The lowest BCUT2D eigenvalue weighted by Gasteiger charge is -2.31. The third-order valence-electron chi connectivity index (χ3n) is 9.15. The topological polar surface area (TPSA) is 89.6 Å². The molecule has 1 heterocycles. The highest BCUT2D eigenvalue weighted by molar-refractivity contribution is 6.01. The maximum absolute atomic E-state index is 15.6. The van der Waals surface area contributed by atoms with E-state index in [1.807, 2.05) is 6.07 Å². The van der Waals surface area contributed by atoms with Crippen molar-refractivity contribution in [2.24, 2.45) is 11.1 Å². The number of halogens is 1. The molecule has 1 amide bonds. The minimum atomic E-state index is -0.781. The number of rotatable bonds is 10. The van der Waals surface area contributed by atoms with Gasteiger partial charge in [0.2, 0.25) is 0 Å². The normalized spacial score (nSPS) is 21.9. The number of ether oxygens (including phenoxy) is 1. The van der Waals surface area contributed by atoms with Gasteiger partial charge in [0.25, 0.3) is 5.91 Å². The van der Waals surface area contributed by atoms with Gasteiger partial charge in [0, 0.05) is 36.0 Å². The maximum Gasteiger partial charge on any atom is 0.253 e. The molecule has 7 nitrogen and oxygen atoms in total. The molecule has 3 aliphatic carbocycles. The van der Waals surface area contributed by atoms with Crippen LogP contribution in [0, 0.1) is 11.2 Å². The SMILES string of the molecule is CCN(CC)CCOC1CCC(Nc2cc(-n3c4c(c5c3CC(C)(C)CC5=O)CCC4)cc(F)c2C(N)=O)CC1. The summed E-state index contributed by atoms with van der Waals surface area (Å²) in [6.45, 7) is 12.3. The molecule has 3 N–H and O–H groups in total. The summed E-state index contributed by atoms with van der Waals surface area (Å²) < 4.78 is 23.9. The van der Waals surface area contributed by atoms with E-state index in [1.54, 1.807) is 0 Å². The average molecular weight is 553 g/mol. The van der Waals surface area contributed by atoms with Crippen LogP contribution in [0.4, 0.5) is 10.1 Å². The minimum Gasteiger partial charge on any atom is -0.382 e. The molecule has 2 aromatic rings. The predicted octanol–water partition coefficient (Wildman–Crippen LogP) is 5.44. The summed E-state index contributed by atoms with van der Waals surface area (Å²) in [6.07, 6.45) is 7.80. The third-order valence-corrected chi connectivity index (χ3v) is 9.15. The fourth-order valence-electron chi connectivity index (χ4n) is 7.11. The second-order valence-electron chi connectivity index (χ2n) is 12.6. The molecule has 40 heavy (non-hydrogen) atoms. The van der Waals surface area contributed by atoms with E-state index < -0.39 is 11.7 Å². The zero-order valence-corrected chi connectivity index (χ0v) is 24.6. The summed E-state index contributed by atoms with van der Waals surface area (Å²) in [6, 6.07) is 3.37. The molecular weight excluding hydrogens is 507 g/mol. The smallest absolute Gasteiger partial charge is 0.253 e. The number of hydrogen-bond donors (Lipinski definition) is 2. The van der Waals surface area contributed by atoms with Crippen molar-refractivity contribution >= 4 is 17.4 Å². The van der Waals surface area contributed by atoms with Crippen LogP contribution in [-0.2, 0) is 24.0 Å². The van der Waals surface area contributed by atoms with E-state index in [-0.39, 0.29) is 28.9 Å². The molecule has 3 aliphatic rings. The van der Waals surface area contributed by atoms with E-state index in [0.717, 1.165) is 100 Å². The van der Waals surface area contributed by atoms with Gasteiger partial charge in [-0.05, 0) is 87.6 Å². The van der Waals surface area contributed by atoms with E-state index >= 15 is 4.39 Å². The first-order valence-corrected chi connectivity index (χ1v) is 15.1. The van der Waals surface area contributed by atoms with Gasteiger partial charge in [-0.15, -0.1) is 0 Å². The summed E-state index contributed by atoms with van der Waals surface area (Å²) >= 11 is 0. The molecule has 0 unspecified atom stereocenters. The van der Waals surface area contributed by atoms with Gasteiger partial charge < -0.3 is 25.3 Å². The molecular formula is C32H45FN4O3. The molecule has 1 aromatic carbocycles. The van der Waals surface area contributed by atoms with E-state index in [2.05, 4.69) is 42.5 Å². The van der Waals surface area contributed by atoms with Crippen molar-refractivity contribution in [2.45, 2.75) is 97.6 Å². The highest BCUT2D eigenvalue weighted by atomic mass is 19.1. The average Bonchev–Trinajstić information content (AvgIpc) is 3.46. The summed E-state index contributed by atoms with van der Waals surface area (Å²) in [5.74, 6) is -1.22. The number of primary amides is 1. The van der Waals surface area contributed by atoms with E-state index in [1.165, 1.54) is 6.07 Å². The monoisotopic (exact) mass is 552 g/mol. The van der Waals surface area contributed by atoms with Gasteiger partial charge in [0.15, 0.2) is 5.78 Å². The van der Waals surface area contributed by atoms with Crippen LogP contribution in [0.1, 0.15) is 104 Å². The second kappa shape index (κ2) is 11.6. The van der Waals surface area contributed by atoms with Crippen molar-refractivity contribution < 1.29 is 18.7 Å². The van der Waals surface area contributed by atoms with Gasteiger partial charge in [0.1, 0.15) is 5.82 Å². The number of benzene rings is 1. The van der Waals surface area contributed by atoms with Gasteiger partial charge in [-0.3, -0.25) is 9.59 Å². The number of nitrogens with zero attached hydrogens (tertiary/aromatic N) is 2. The summed E-state index contributed by atoms with van der Waals surface area (Å²) in [7, 11) is 0. The Labute approximate surface area is 237 Å². The highest BCUT2D eigenvalue weighted by Crippen LogP contribution is 2.43. The molecule has 5 rings (SSSR count). The summed E-state index contributed by atoms with van der Waals surface area (Å²) in [5.41, 5.74) is 10.6. The number of Topliss-reactive ketones (excluding diaryl/α,β-unsaturated/α-hetero) is 1. The van der Waals surface area contributed by atoms with Crippen LogP contribution in [0.15, 0.2) is 12.1 Å². The Morgan fingerprint density at radius 1 is 1.12 bits per heavy atom. The number of aromatic nitrogens is 1. The lowest BCUT2D eigenvalue weighted by atomic mass is 9.75. The lowest BCUT2D eigenvalue weighted by molar-refractivity contribution is 0.0156. The Kier molecular flexibility index (Phi) is 8.39. The number of hydrogen-bond acceptors (Lipinski definition) is 5. The van der Waals surface area contributed by atoms with Gasteiger partial charge in [0.05, 0.1) is 29.6 Å². The van der Waals surface area contributed by atoms with E-state index in [9.17, 15) is 9.59 Å². The molecule has 1 saturated carbocycles. The number of ketones is 1. The van der Waals surface area contributed by atoms with Crippen LogP contribution in [0.25, 0.3) is 5.69 Å². The van der Waals surface area contributed by atoms with Crippen molar-refractivity contribution in [1.29, 1.82) is 0 Å². The first-order chi connectivity index (χ1) is 19.1. The zero-order valence-electron chi connectivity index (χ0n) is 24.6. The number of nitrogens with one attached hydrogen (secondary N) is 1. The van der Waals surface area contributed by atoms with Crippen molar-refractivity contribution in [2.75, 3.05) is 31.6 Å². The molecule has 8 heteroatoms. The first kappa shape index (κ1) is 28.8. The van der Waals surface area contributed by atoms with Crippen LogP contribution in [0.3, 0.4) is 0 Å². The number of amides is 1. The number of fused-ring (bicyclic) bond motifs is 3. The fourth-order valence-corrected chi connectivity index (χ4v) is 7.11. The fraction of sp³-hybridized carbons (Fsp3) is 0.625. The third kappa shape index (κ3) is 5.70. The summed E-state index contributed by atoms with van der Waals surface area (Å²) in [4.78, 5) is 28.0. The van der Waals surface area contributed by atoms with E-state index in [0.29, 0.717) is 17.8 Å². The van der Waals surface area contributed by atoms with Crippen molar-refractivity contribution in [3.8, 4) is 5.69 Å². The zero-order chi connectivity index (χ0) is 28.6. The highest BCUT2D eigenvalue weighted by Gasteiger charge is 2.39. The molecule has 0 aliphatic heterocycles. The van der Waals surface area contributed by atoms with Gasteiger partial charge >= 0.3 is 0 Å². The van der Waals surface area contributed by atoms with Crippen LogP contribution < -0.4 is 11.1 Å². The lowest BCUT2D eigenvalue weighted by Crippen LogP contribution is -2.33. The number of likely N-dealkylation sites (N-methyl/N-ethyl adjacent to an activating group) is 1. The molecule has 1 aromatic heterocycles. The molecule has 218 valence electrons. The molecule has 0 saturated heterocycles. The van der Waals surface area contributed by atoms with Crippen molar-refractivity contribution in [3.05, 3.63) is 46.0 Å². The molecule has 0 spiro atoms. The number of nitrogens with two attached hydrogens (primary N) is 1. The Bertz CT molecular complexity index is 1270. The quantitative estimate of drug-likeness (QED) is 0.410. The predicted molar refractivity (Wildman–Crippen MR) is 156 cm³/mol. The summed E-state index contributed by atoms with van der Waals surface area (Å²) in [5, 5.41) is 3.48. The largest absolute Gasteiger partial charge is 0.382 e. The van der Waals surface area contributed by atoms with E-state index in [4.69, 9.17) is 10.5 Å². The van der Waals surface area contributed by atoms with Crippen LogP contribution in [0.5, 0.6) is 0 Å². The van der Waals surface area contributed by atoms with Gasteiger partial charge in [-0.2, -0.15) is 0 Å². The van der Waals surface area contributed by atoms with Crippen LogP contribution in [-0.4, -0.2) is 59.5 Å². The Balaban J connectivity index is 1.39. The Morgan fingerprint density at radius 2 is 1.85 bits per heavy atom. The standard InChI is InChI=1S/C32H45FN4O3/c1-5-36(6-2)14-15-40-22-12-10-20(11-13-22)35-25-17-21(16-24(33)30(25)31(34)39)37-26-9-7-8-23(26)29-27(37)18-32(3,4)19-28(29)38/h16-17,20,22,35H,5-15,18-19H2,1-4H3,(H2,34,39). The van der Waals surface area contributed by atoms with Gasteiger partial charge in [-0.25, -0.2) is 4.39 Å². The first-order valence-electron chi connectivity index (χ1n) is 15.1. The van der Waals surface area contributed by atoms with Crippen molar-refractivity contribution in [3.63, 3.8) is 0 Å². The molecule has 1 fully saturated rings. The second-order valence-corrected chi connectivity index (χ2v) is 12.6. The Hall–Kier alpha value is -2.71. The number of carbonyl (C=O) groups excluding carboxylic acids is 2. The van der Waals surface area contributed by atoms with Gasteiger partial charge in [-0.1, -0.05) is 27.7 Å². The van der Waals surface area contributed by atoms with Crippen molar-refractivity contribution in [1.82, 2.24) is 9.47 Å². The maximum atomic E-state index is 15.6. The minimum absolute atomic E-state index is 0.0974.